The average Bonchev–Trinajstić information content (AvgIpc) is 2.78. The second-order valence-corrected chi connectivity index (χ2v) is 4.95. The number of piperidine rings is 1. The standard InChI is InChI=1S/C12H22N2O2/c15-8-5-10-4-7-14(9-10)12(16)11-3-1-2-6-13-11/h10-11,13,15H,1-9H2. The van der Waals surface area contributed by atoms with Gasteiger partial charge in [-0.3, -0.25) is 4.79 Å². The van der Waals surface area contributed by atoms with E-state index in [1.165, 1.54) is 6.42 Å². The second-order valence-electron chi connectivity index (χ2n) is 4.95. The van der Waals surface area contributed by atoms with E-state index in [4.69, 9.17) is 5.11 Å². The van der Waals surface area contributed by atoms with E-state index in [0.717, 1.165) is 45.3 Å². The molecule has 0 radical (unpaired) electrons. The highest BCUT2D eigenvalue weighted by Gasteiger charge is 2.30. The zero-order chi connectivity index (χ0) is 11.4. The molecule has 0 aromatic heterocycles. The van der Waals surface area contributed by atoms with Crippen LogP contribution in [-0.2, 0) is 4.79 Å². The molecule has 0 bridgehead atoms. The summed E-state index contributed by atoms with van der Waals surface area (Å²) >= 11 is 0. The van der Waals surface area contributed by atoms with Gasteiger partial charge in [0, 0.05) is 19.7 Å². The van der Waals surface area contributed by atoms with Crippen LogP contribution in [0.5, 0.6) is 0 Å². The van der Waals surface area contributed by atoms with E-state index in [-0.39, 0.29) is 18.6 Å². The summed E-state index contributed by atoms with van der Waals surface area (Å²) in [5.74, 6) is 0.790. The predicted molar refractivity (Wildman–Crippen MR) is 62.0 cm³/mol. The molecule has 2 unspecified atom stereocenters. The molecule has 2 N–H and O–H groups in total. The normalized spacial score (nSPS) is 30.7. The monoisotopic (exact) mass is 226 g/mol. The molecule has 1 amide bonds. The molecule has 4 nitrogen and oxygen atoms in total. The molecule has 0 aliphatic carbocycles. The number of nitrogens with zero attached hydrogens (tertiary/aromatic N) is 1. The first-order valence-electron chi connectivity index (χ1n) is 6.44. The topological polar surface area (TPSA) is 52.6 Å². The SMILES string of the molecule is O=C(C1CCCCN1)N1CCC(CCO)C1. The fourth-order valence-corrected chi connectivity index (χ4v) is 2.73. The van der Waals surface area contributed by atoms with E-state index < -0.39 is 0 Å². The summed E-state index contributed by atoms with van der Waals surface area (Å²) in [4.78, 5) is 14.1. The molecule has 2 aliphatic rings. The van der Waals surface area contributed by atoms with Crippen molar-refractivity contribution >= 4 is 5.91 Å². The summed E-state index contributed by atoms with van der Waals surface area (Å²) in [6.45, 7) is 2.94. The fraction of sp³-hybridized carbons (Fsp3) is 0.917. The van der Waals surface area contributed by atoms with Crippen molar-refractivity contribution in [3.8, 4) is 0 Å². The Balaban J connectivity index is 1.81. The van der Waals surface area contributed by atoms with Crippen molar-refractivity contribution < 1.29 is 9.90 Å². The number of carbonyl (C=O) groups is 1. The van der Waals surface area contributed by atoms with Crippen LogP contribution in [0.15, 0.2) is 0 Å². The van der Waals surface area contributed by atoms with Gasteiger partial charge in [-0.25, -0.2) is 0 Å². The maximum atomic E-state index is 12.2. The number of nitrogens with one attached hydrogen (secondary N) is 1. The Kier molecular flexibility index (Phi) is 4.18. The van der Waals surface area contributed by atoms with Gasteiger partial charge in [0.1, 0.15) is 0 Å². The van der Waals surface area contributed by atoms with Gasteiger partial charge in [0.25, 0.3) is 0 Å². The molecule has 4 heteroatoms. The highest BCUT2D eigenvalue weighted by molar-refractivity contribution is 5.82. The van der Waals surface area contributed by atoms with E-state index in [1.54, 1.807) is 0 Å². The molecule has 0 aromatic rings. The summed E-state index contributed by atoms with van der Waals surface area (Å²) in [5, 5.41) is 12.2. The maximum absolute atomic E-state index is 12.2. The van der Waals surface area contributed by atoms with Gasteiger partial charge in [-0.15, -0.1) is 0 Å². The fourth-order valence-electron chi connectivity index (χ4n) is 2.73. The Morgan fingerprint density at radius 1 is 1.38 bits per heavy atom. The first kappa shape index (κ1) is 11.9. The number of hydrogen-bond acceptors (Lipinski definition) is 3. The number of amides is 1. The molecular weight excluding hydrogens is 204 g/mol. The Hall–Kier alpha value is -0.610. The first-order valence-corrected chi connectivity index (χ1v) is 6.44. The Labute approximate surface area is 97.0 Å². The van der Waals surface area contributed by atoms with Crippen molar-refractivity contribution in [3.05, 3.63) is 0 Å². The van der Waals surface area contributed by atoms with Gasteiger partial charge in [0.15, 0.2) is 0 Å². The van der Waals surface area contributed by atoms with E-state index >= 15 is 0 Å². The Morgan fingerprint density at radius 3 is 2.94 bits per heavy atom. The molecule has 92 valence electrons. The lowest BCUT2D eigenvalue weighted by Crippen LogP contribution is -2.47. The minimum absolute atomic E-state index is 0.0571. The number of aliphatic hydroxyl groups is 1. The first-order chi connectivity index (χ1) is 7.81. The Morgan fingerprint density at radius 2 is 2.25 bits per heavy atom. The predicted octanol–water partition coefficient (Wildman–Crippen LogP) is 0.359. The highest BCUT2D eigenvalue weighted by Crippen LogP contribution is 2.21. The smallest absolute Gasteiger partial charge is 0.239 e. The average molecular weight is 226 g/mol. The molecule has 2 atom stereocenters. The molecule has 2 rings (SSSR count). The molecule has 2 aliphatic heterocycles. The quantitative estimate of drug-likeness (QED) is 0.730. The largest absolute Gasteiger partial charge is 0.396 e. The van der Waals surface area contributed by atoms with Gasteiger partial charge >= 0.3 is 0 Å². The lowest BCUT2D eigenvalue weighted by atomic mass is 10.0. The number of carbonyl (C=O) groups excluding carboxylic acids is 1. The van der Waals surface area contributed by atoms with E-state index in [2.05, 4.69) is 5.32 Å². The zero-order valence-corrected chi connectivity index (χ0v) is 9.82. The molecular formula is C12H22N2O2. The van der Waals surface area contributed by atoms with Crippen LogP contribution in [-0.4, -0.2) is 48.2 Å². The lowest BCUT2D eigenvalue weighted by molar-refractivity contribution is -0.133. The van der Waals surface area contributed by atoms with E-state index in [0.29, 0.717) is 5.92 Å². The van der Waals surface area contributed by atoms with Crippen molar-refractivity contribution in [1.82, 2.24) is 10.2 Å². The van der Waals surface area contributed by atoms with Crippen LogP contribution in [0.25, 0.3) is 0 Å². The van der Waals surface area contributed by atoms with Gasteiger partial charge in [0.05, 0.1) is 6.04 Å². The molecule has 0 spiro atoms. The van der Waals surface area contributed by atoms with Gasteiger partial charge < -0.3 is 15.3 Å². The van der Waals surface area contributed by atoms with Crippen molar-refractivity contribution in [2.24, 2.45) is 5.92 Å². The van der Waals surface area contributed by atoms with Crippen molar-refractivity contribution in [2.75, 3.05) is 26.2 Å². The van der Waals surface area contributed by atoms with Crippen LogP contribution >= 0.6 is 0 Å². The number of likely N-dealkylation sites (tertiary alicyclic amines) is 1. The van der Waals surface area contributed by atoms with E-state index in [9.17, 15) is 4.79 Å². The molecule has 2 heterocycles. The third kappa shape index (κ3) is 2.74. The molecule has 0 saturated carbocycles. The van der Waals surface area contributed by atoms with Gasteiger partial charge in [-0.2, -0.15) is 0 Å². The summed E-state index contributed by atoms with van der Waals surface area (Å²) in [6, 6.07) is 0.0571. The minimum Gasteiger partial charge on any atom is -0.396 e. The van der Waals surface area contributed by atoms with Crippen LogP contribution in [0.2, 0.25) is 0 Å². The summed E-state index contributed by atoms with van der Waals surface area (Å²) in [7, 11) is 0. The van der Waals surface area contributed by atoms with Crippen molar-refractivity contribution in [1.29, 1.82) is 0 Å². The van der Waals surface area contributed by atoms with Crippen LogP contribution in [0, 0.1) is 5.92 Å². The molecule has 2 fully saturated rings. The number of rotatable bonds is 3. The number of hydrogen-bond donors (Lipinski definition) is 2. The Bertz CT molecular complexity index is 239. The van der Waals surface area contributed by atoms with Crippen LogP contribution in [0.1, 0.15) is 32.1 Å². The number of aliphatic hydroxyl groups excluding tert-OH is 1. The van der Waals surface area contributed by atoms with Crippen LogP contribution in [0.4, 0.5) is 0 Å². The summed E-state index contributed by atoms with van der Waals surface area (Å²) in [5.41, 5.74) is 0. The van der Waals surface area contributed by atoms with Gasteiger partial charge in [0.2, 0.25) is 5.91 Å². The highest BCUT2D eigenvalue weighted by atomic mass is 16.3. The summed E-state index contributed by atoms with van der Waals surface area (Å²) < 4.78 is 0. The lowest BCUT2D eigenvalue weighted by Gasteiger charge is -2.27. The molecule has 0 aromatic carbocycles. The third-order valence-electron chi connectivity index (χ3n) is 3.74. The third-order valence-corrected chi connectivity index (χ3v) is 3.74. The van der Waals surface area contributed by atoms with Crippen LogP contribution in [0.3, 0.4) is 0 Å². The maximum Gasteiger partial charge on any atom is 0.239 e. The van der Waals surface area contributed by atoms with E-state index in [1.807, 2.05) is 4.90 Å². The van der Waals surface area contributed by atoms with Crippen LogP contribution < -0.4 is 5.32 Å². The van der Waals surface area contributed by atoms with Gasteiger partial charge in [-0.1, -0.05) is 6.42 Å². The second kappa shape index (κ2) is 5.64. The minimum atomic E-state index is 0.0571. The molecule has 16 heavy (non-hydrogen) atoms. The summed E-state index contributed by atoms with van der Waals surface area (Å²) in [6.07, 6.45) is 5.23. The van der Waals surface area contributed by atoms with Crippen molar-refractivity contribution in [3.63, 3.8) is 0 Å². The molecule has 2 saturated heterocycles. The zero-order valence-electron chi connectivity index (χ0n) is 9.82. The van der Waals surface area contributed by atoms with Gasteiger partial charge in [-0.05, 0) is 38.1 Å². The van der Waals surface area contributed by atoms with Crippen molar-refractivity contribution in [2.45, 2.75) is 38.1 Å².